The van der Waals surface area contributed by atoms with Gasteiger partial charge in [0.05, 0.1) is 13.2 Å². The Hall–Kier alpha value is -1.95. The second-order valence-electron chi connectivity index (χ2n) is 6.53. The molecule has 3 aromatic rings. The average molecular weight is 388 g/mol. The summed E-state index contributed by atoms with van der Waals surface area (Å²) < 4.78 is 20.2. The summed E-state index contributed by atoms with van der Waals surface area (Å²) in [4.78, 5) is 2.24. The van der Waals surface area contributed by atoms with Crippen molar-refractivity contribution >= 4 is 21.4 Å². The molecule has 0 atom stereocenters. The maximum Gasteiger partial charge on any atom is 0.123 e. The van der Waals surface area contributed by atoms with E-state index in [2.05, 4.69) is 29.3 Å². The highest BCUT2D eigenvalue weighted by Crippen LogP contribution is 2.36. The van der Waals surface area contributed by atoms with Gasteiger partial charge >= 0.3 is 0 Å². The summed E-state index contributed by atoms with van der Waals surface area (Å²) in [5, 5.41) is 12.3. The van der Waals surface area contributed by atoms with Gasteiger partial charge in [-0.3, -0.25) is 0 Å². The van der Waals surface area contributed by atoms with Crippen molar-refractivity contribution in [3.8, 4) is 16.9 Å². The van der Waals surface area contributed by atoms with Crippen molar-refractivity contribution < 1.29 is 14.2 Å². The Morgan fingerprint density at radius 2 is 1.89 bits per heavy atom. The number of fused-ring (bicyclic) bond motifs is 1. The Morgan fingerprint density at radius 3 is 2.63 bits per heavy atom. The summed E-state index contributed by atoms with van der Waals surface area (Å²) in [6.07, 6.45) is 2.05. The van der Waals surface area contributed by atoms with Gasteiger partial charge in [0.2, 0.25) is 0 Å². The van der Waals surface area contributed by atoms with Crippen molar-refractivity contribution in [1.82, 2.24) is 4.90 Å². The second-order valence-corrected chi connectivity index (χ2v) is 7.44. The maximum absolute atomic E-state index is 13.1. The first kappa shape index (κ1) is 19.8. The fourth-order valence-electron chi connectivity index (χ4n) is 3.15. The smallest absolute Gasteiger partial charge is 0.123 e. The summed E-state index contributed by atoms with van der Waals surface area (Å²) in [6.45, 7) is 5.72. The topological polar surface area (TPSA) is 32.7 Å². The molecule has 0 aliphatic carbocycles. The fourth-order valence-corrected chi connectivity index (χ4v) is 4.15. The van der Waals surface area contributed by atoms with E-state index < -0.39 is 0 Å². The number of aliphatic hydroxyl groups is 1. The van der Waals surface area contributed by atoms with Crippen LogP contribution in [0.2, 0.25) is 0 Å². The van der Waals surface area contributed by atoms with Gasteiger partial charge in [-0.1, -0.05) is 19.1 Å². The predicted molar refractivity (Wildman–Crippen MR) is 111 cm³/mol. The average Bonchev–Trinajstić information content (AvgIpc) is 3.10. The van der Waals surface area contributed by atoms with Crippen molar-refractivity contribution in [2.75, 3.05) is 32.8 Å². The third kappa shape index (κ3) is 5.28. The zero-order chi connectivity index (χ0) is 19.1. The van der Waals surface area contributed by atoms with Gasteiger partial charge < -0.3 is 14.7 Å². The van der Waals surface area contributed by atoms with Crippen LogP contribution >= 0.6 is 11.3 Å². The molecule has 0 spiro atoms. The maximum atomic E-state index is 13.1. The van der Waals surface area contributed by atoms with Gasteiger partial charge in [0.15, 0.2) is 0 Å². The number of thiophene rings is 1. The van der Waals surface area contributed by atoms with Crippen LogP contribution in [0.3, 0.4) is 0 Å². The van der Waals surface area contributed by atoms with Crippen molar-refractivity contribution in [1.29, 1.82) is 0 Å². The molecule has 0 bridgehead atoms. The van der Waals surface area contributed by atoms with E-state index in [9.17, 15) is 4.39 Å². The SMILES string of the molecule is CCN(CCO)CCCCOc1ccc2c(-c3ccc(F)cc3)csc2c1. The largest absolute Gasteiger partial charge is 0.494 e. The molecule has 3 nitrogen and oxygen atoms in total. The van der Waals surface area contributed by atoms with Crippen LogP contribution in [-0.4, -0.2) is 42.9 Å². The van der Waals surface area contributed by atoms with E-state index in [1.807, 2.05) is 18.2 Å². The quantitative estimate of drug-likeness (QED) is 0.487. The molecule has 0 amide bonds. The number of unbranched alkanes of at least 4 members (excludes halogenated alkanes) is 1. The zero-order valence-corrected chi connectivity index (χ0v) is 16.5. The summed E-state index contributed by atoms with van der Waals surface area (Å²) in [7, 11) is 0. The van der Waals surface area contributed by atoms with Gasteiger partial charge in [-0.05, 0) is 67.2 Å². The number of ether oxygens (including phenoxy) is 1. The Morgan fingerprint density at radius 1 is 1.07 bits per heavy atom. The number of aliphatic hydroxyl groups excluding tert-OH is 1. The second kappa shape index (κ2) is 9.83. The molecule has 0 unspecified atom stereocenters. The molecule has 0 fully saturated rings. The number of halogens is 1. The van der Waals surface area contributed by atoms with Gasteiger partial charge in [0.1, 0.15) is 11.6 Å². The lowest BCUT2D eigenvalue weighted by molar-refractivity contribution is 0.195. The van der Waals surface area contributed by atoms with Crippen molar-refractivity contribution in [2.24, 2.45) is 0 Å². The molecule has 1 heterocycles. The third-order valence-corrected chi connectivity index (χ3v) is 5.65. The summed E-state index contributed by atoms with van der Waals surface area (Å²) >= 11 is 1.68. The highest BCUT2D eigenvalue weighted by Gasteiger charge is 2.08. The molecule has 3 rings (SSSR count). The summed E-state index contributed by atoms with van der Waals surface area (Å²) in [5.41, 5.74) is 2.16. The van der Waals surface area contributed by atoms with Gasteiger partial charge in [-0.25, -0.2) is 4.39 Å². The van der Waals surface area contributed by atoms with Crippen LogP contribution in [-0.2, 0) is 0 Å². The first-order valence-corrected chi connectivity index (χ1v) is 10.3. The van der Waals surface area contributed by atoms with Crippen LogP contribution in [0.4, 0.5) is 4.39 Å². The first-order chi connectivity index (χ1) is 13.2. The number of hydrogen-bond acceptors (Lipinski definition) is 4. The monoisotopic (exact) mass is 387 g/mol. The minimum Gasteiger partial charge on any atom is -0.494 e. The van der Waals surface area contributed by atoms with Gasteiger partial charge in [-0.15, -0.1) is 11.3 Å². The van der Waals surface area contributed by atoms with Crippen molar-refractivity contribution in [3.05, 3.63) is 53.7 Å². The van der Waals surface area contributed by atoms with Gasteiger partial charge in [0, 0.05) is 22.2 Å². The van der Waals surface area contributed by atoms with E-state index in [-0.39, 0.29) is 12.4 Å². The molecule has 1 N–H and O–H groups in total. The molecular formula is C22H26FNO2S. The highest BCUT2D eigenvalue weighted by molar-refractivity contribution is 7.17. The first-order valence-electron chi connectivity index (χ1n) is 9.44. The number of benzene rings is 2. The molecule has 0 saturated heterocycles. The molecule has 1 aromatic heterocycles. The van der Waals surface area contributed by atoms with E-state index in [0.29, 0.717) is 6.61 Å². The molecule has 0 aliphatic heterocycles. The van der Waals surface area contributed by atoms with Crippen LogP contribution in [0.25, 0.3) is 21.2 Å². The summed E-state index contributed by atoms with van der Waals surface area (Å²) in [6, 6.07) is 12.8. The lowest BCUT2D eigenvalue weighted by atomic mass is 10.0. The lowest BCUT2D eigenvalue weighted by Gasteiger charge is -2.18. The minimum absolute atomic E-state index is 0.213. The molecule has 27 heavy (non-hydrogen) atoms. The molecule has 0 saturated carbocycles. The van der Waals surface area contributed by atoms with E-state index in [1.54, 1.807) is 11.3 Å². The Bertz CT molecular complexity index is 847. The van der Waals surface area contributed by atoms with E-state index >= 15 is 0 Å². The van der Waals surface area contributed by atoms with Gasteiger partial charge in [-0.2, -0.15) is 0 Å². The molecule has 2 aromatic carbocycles. The fraction of sp³-hybridized carbons (Fsp3) is 0.364. The van der Waals surface area contributed by atoms with Crippen LogP contribution in [0, 0.1) is 5.82 Å². The Labute approximate surface area is 164 Å². The predicted octanol–water partition coefficient (Wildman–Crippen LogP) is 5.18. The number of likely N-dealkylation sites (N-methyl/N-ethyl adjacent to an activating group) is 1. The Kier molecular flexibility index (Phi) is 7.21. The van der Waals surface area contributed by atoms with Crippen molar-refractivity contribution in [2.45, 2.75) is 19.8 Å². The normalized spacial score (nSPS) is 11.4. The van der Waals surface area contributed by atoms with E-state index in [0.717, 1.165) is 49.4 Å². The van der Waals surface area contributed by atoms with Gasteiger partial charge in [0.25, 0.3) is 0 Å². The molecule has 0 radical (unpaired) electrons. The van der Waals surface area contributed by atoms with Crippen LogP contribution < -0.4 is 4.74 Å². The Balaban J connectivity index is 1.55. The third-order valence-electron chi connectivity index (χ3n) is 4.70. The zero-order valence-electron chi connectivity index (χ0n) is 15.7. The number of rotatable bonds is 10. The molecule has 5 heteroatoms. The standard InChI is InChI=1S/C22H26FNO2S/c1-2-24(12-13-25)11-3-4-14-26-19-9-10-20-21(16-27-22(20)15-19)17-5-7-18(23)8-6-17/h5-10,15-16,25H,2-4,11-14H2,1H3. The number of nitrogens with zero attached hydrogens (tertiary/aromatic N) is 1. The minimum atomic E-state index is -0.215. The highest BCUT2D eigenvalue weighted by atomic mass is 32.1. The summed E-state index contributed by atoms with van der Waals surface area (Å²) in [5.74, 6) is 0.671. The van der Waals surface area contributed by atoms with Crippen LogP contribution in [0.15, 0.2) is 47.8 Å². The van der Waals surface area contributed by atoms with E-state index in [4.69, 9.17) is 9.84 Å². The molecule has 0 aliphatic rings. The van der Waals surface area contributed by atoms with E-state index in [1.165, 1.54) is 22.2 Å². The molecular weight excluding hydrogens is 361 g/mol. The lowest BCUT2D eigenvalue weighted by Crippen LogP contribution is -2.27. The van der Waals surface area contributed by atoms with Crippen LogP contribution in [0.5, 0.6) is 5.75 Å². The number of hydrogen-bond donors (Lipinski definition) is 1. The molecule has 144 valence electrons. The van der Waals surface area contributed by atoms with Crippen LogP contribution in [0.1, 0.15) is 19.8 Å². The van der Waals surface area contributed by atoms with Crippen molar-refractivity contribution in [3.63, 3.8) is 0 Å².